The lowest BCUT2D eigenvalue weighted by atomic mass is 9.99. The van der Waals surface area contributed by atoms with Crippen LogP contribution in [0.1, 0.15) is 19.8 Å². The van der Waals surface area contributed by atoms with Crippen molar-refractivity contribution in [2.45, 2.75) is 24.7 Å². The summed E-state index contributed by atoms with van der Waals surface area (Å²) in [5.74, 6) is 2.57. The van der Waals surface area contributed by atoms with E-state index in [-0.39, 0.29) is 10.8 Å². The third-order valence-corrected chi connectivity index (χ3v) is 5.84. The standard InChI is InChI=1S/C17H22N2O4S/c1-3-12-23-13-15-8-10-19(11-9-15)24(21,22)17-6-4-16(5-7-17)18-14(2)20/h1,4-7,15H,8-13H2,2H3,(H,18,20). The minimum absolute atomic E-state index is 0.195. The Balaban J connectivity index is 1.96. The Morgan fingerprint density at radius 3 is 2.50 bits per heavy atom. The molecule has 1 aliphatic rings. The summed E-state index contributed by atoms with van der Waals surface area (Å²) in [5, 5.41) is 2.62. The van der Waals surface area contributed by atoms with E-state index in [0.29, 0.717) is 37.9 Å². The zero-order valence-corrected chi connectivity index (χ0v) is 14.5. The Kier molecular flexibility index (Phi) is 6.37. The molecule has 6 nitrogen and oxygen atoms in total. The summed E-state index contributed by atoms with van der Waals surface area (Å²) in [7, 11) is -3.51. The van der Waals surface area contributed by atoms with E-state index in [1.54, 1.807) is 12.1 Å². The first-order chi connectivity index (χ1) is 11.4. The molecule has 24 heavy (non-hydrogen) atoms. The van der Waals surface area contributed by atoms with E-state index >= 15 is 0 Å². The molecule has 0 bridgehead atoms. The molecule has 7 heteroatoms. The SMILES string of the molecule is C#CCOCC1CCN(S(=O)(=O)c2ccc(NC(C)=O)cc2)CC1. The fraction of sp³-hybridized carbons (Fsp3) is 0.471. The summed E-state index contributed by atoms with van der Waals surface area (Å²) < 4.78 is 32.2. The number of rotatable bonds is 6. The summed E-state index contributed by atoms with van der Waals surface area (Å²) >= 11 is 0. The van der Waals surface area contributed by atoms with Gasteiger partial charge in [-0.05, 0) is 43.0 Å². The van der Waals surface area contributed by atoms with Crippen LogP contribution in [0.4, 0.5) is 5.69 Å². The van der Waals surface area contributed by atoms with Crippen molar-refractivity contribution in [1.82, 2.24) is 4.31 Å². The van der Waals surface area contributed by atoms with Gasteiger partial charge in [-0.15, -0.1) is 6.42 Å². The van der Waals surface area contributed by atoms with Crippen LogP contribution < -0.4 is 5.32 Å². The van der Waals surface area contributed by atoms with Crippen molar-refractivity contribution in [3.63, 3.8) is 0 Å². The second kappa shape index (κ2) is 8.29. The second-order valence-corrected chi connectivity index (χ2v) is 7.71. The van der Waals surface area contributed by atoms with Gasteiger partial charge in [-0.3, -0.25) is 4.79 Å². The Bertz CT molecular complexity index is 699. The number of benzene rings is 1. The van der Waals surface area contributed by atoms with Crippen molar-refractivity contribution >= 4 is 21.6 Å². The maximum Gasteiger partial charge on any atom is 0.243 e. The number of carbonyl (C=O) groups excluding carboxylic acids is 1. The first-order valence-electron chi connectivity index (χ1n) is 7.82. The summed E-state index contributed by atoms with van der Waals surface area (Å²) in [4.78, 5) is 11.2. The van der Waals surface area contributed by atoms with Crippen LogP contribution in [0.3, 0.4) is 0 Å². The predicted octanol–water partition coefficient (Wildman–Crippen LogP) is 1.70. The Labute approximate surface area is 143 Å². The van der Waals surface area contributed by atoms with Gasteiger partial charge in [-0.25, -0.2) is 8.42 Å². The summed E-state index contributed by atoms with van der Waals surface area (Å²) in [5.41, 5.74) is 0.575. The maximum absolute atomic E-state index is 12.7. The van der Waals surface area contributed by atoms with E-state index in [9.17, 15) is 13.2 Å². The maximum atomic E-state index is 12.7. The van der Waals surface area contributed by atoms with Crippen LogP contribution in [0, 0.1) is 18.3 Å². The molecule has 1 amide bonds. The Morgan fingerprint density at radius 1 is 1.33 bits per heavy atom. The molecule has 130 valence electrons. The van der Waals surface area contributed by atoms with E-state index in [4.69, 9.17) is 11.2 Å². The highest BCUT2D eigenvalue weighted by Crippen LogP contribution is 2.24. The van der Waals surface area contributed by atoms with E-state index < -0.39 is 10.0 Å². The quantitative estimate of drug-likeness (QED) is 0.626. The van der Waals surface area contributed by atoms with Crippen LogP contribution in [0.2, 0.25) is 0 Å². The van der Waals surface area contributed by atoms with Gasteiger partial charge >= 0.3 is 0 Å². The topological polar surface area (TPSA) is 75.7 Å². The monoisotopic (exact) mass is 350 g/mol. The molecular formula is C17H22N2O4S. The first kappa shape index (κ1) is 18.5. The van der Waals surface area contributed by atoms with Crippen molar-refractivity contribution < 1.29 is 17.9 Å². The number of terminal acetylenes is 1. The van der Waals surface area contributed by atoms with E-state index in [1.807, 2.05) is 0 Å². The van der Waals surface area contributed by atoms with Gasteiger partial charge in [0.2, 0.25) is 15.9 Å². The number of amides is 1. The van der Waals surface area contributed by atoms with Gasteiger partial charge < -0.3 is 10.1 Å². The smallest absolute Gasteiger partial charge is 0.243 e. The number of anilines is 1. The summed E-state index contributed by atoms with van der Waals surface area (Å²) in [6.07, 6.45) is 6.65. The molecule has 1 saturated heterocycles. The Hall–Kier alpha value is -1.88. The largest absolute Gasteiger partial charge is 0.369 e. The van der Waals surface area contributed by atoms with Gasteiger partial charge in [0.15, 0.2) is 0 Å². The number of hydrogen-bond acceptors (Lipinski definition) is 4. The molecule has 0 spiro atoms. The molecule has 0 atom stereocenters. The molecular weight excluding hydrogens is 328 g/mol. The number of nitrogens with zero attached hydrogens (tertiary/aromatic N) is 1. The molecule has 1 N–H and O–H groups in total. The molecule has 1 aromatic carbocycles. The van der Waals surface area contributed by atoms with Crippen molar-refractivity contribution in [3.05, 3.63) is 24.3 Å². The highest BCUT2D eigenvalue weighted by molar-refractivity contribution is 7.89. The highest BCUT2D eigenvalue weighted by Gasteiger charge is 2.29. The molecule has 0 radical (unpaired) electrons. The fourth-order valence-electron chi connectivity index (χ4n) is 2.66. The predicted molar refractivity (Wildman–Crippen MR) is 91.9 cm³/mol. The molecule has 0 unspecified atom stereocenters. The number of piperidine rings is 1. The number of carbonyl (C=O) groups is 1. The molecule has 1 fully saturated rings. The first-order valence-corrected chi connectivity index (χ1v) is 9.26. The molecule has 1 heterocycles. The zero-order chi connectivity index (χ0) is 17.6. The third kappa shape index (κ3) is 4.81. The summed E-state index contributed by atoms with van der Waals surface area (Å²) in [6.45, 7) is 3.21. The third-order valence-electron chi connectivity index (χ3n) is 3.92. The zero-order valence-electron chi connectivity index (χ0n) is 13.7. The van der Waals surface area contributed by atoms with Gasteiger partial charge in [-0.2, -0.15) is 4.31 Å². The van der Waals surface area contributed by atoms with Gasteiger partial charge in [-0.1, -0.05) is 5.92 Å². The normalized spacial score (nSPS) is 16.5. The van der Waals surface area contributed by atoms with Crippen LogP contribution in [0.15, 0.2) is 29.2 Å². The molecule has 1 aliphatic heterocycles. The number of nitrogens with one attached hydrogen (secondary N) is 1. The molecule has 0 aromatic heterocycles. The highest BCUT2D eigenvalue weighted by atomic mass is 32.2. The number of hydrogen-bond donors (Lipinski definition) is 1. The van der Waals surface area contributed by atoms with Crippen LogP contribution in [0.5, 0.6) is 0 Å². The average Bonchev–Trinajstić information content (AvgIpc) is 2.55. The number of ether oxygens (including phenoxy) is 1. The van der Waals surface area contributed by atoms with Crippen molar-refractivity contribution in [3.8, 4) is 12.3 Å². The summed E-state index contributed by atoms with van der Waals surface area (Å²) in [6, 6.07) is 6.22. The average molecular weight is 350 g/mol. The van der Waals surface area contributed by atoms with Gasteiger partial charge in [0.25, 0.3) is 0 Å². The minimum Gasteiger partial charge on any atom is -0.369 e. The van der Waals surface area contributed by atoms with Gasteiger partial charge in [0.05, 0.1) is 11.5 Å². The lowest BCUT2D eigenvalue weighted by Crippen LogP contribution is -2.39. The number of sulfonamides is 1. The van der Waals surface area contributed by atoms with Gasteiger partial charge in [0, 0.05) is 25.7 Å². The second-order valence-electron chi connectivity index (χ2n) is 5.77. The van der Waals surface area contributed by atoms with E-state index in [2.05, 4.69) is 11.2 Å². The van der Waals surface area contributed by atoms with Crippen LogP contribution in [-0.2, 0) is 19.6 Å². The Morgan fingerprint density at radius 2 is 1.96 bits per heavy atom. The van der Waals surface area contributed by atoms with Crippen LogP contribution >= 0.6 is 0 Å². The lowest BCUT2D eigenvalue weighted by Gasteiger charge is -2.31. The molecule has 0 aliphatic carbocycles. The van der Waals surface area contributed by atoms with Crippen molar-refractivity contribution in [1.29, 1.82) is 0 Å². The fourth-order valence-corrected chi connectivity index (χ4v) is 4.13. The minimum atomic E-state index is -3.51. The van der Waals surface area contributed by atoms with E-state index in [0.717, 1.165) is 12.8 Å². The van der Waals surface area contributed by atoms with Crippen LogP contribution in [0.25, 0.3) is 0 Å². The molecule has 1 aromatic rings. The molecule has 0 saturated carbocycles. The van der Waals surface area contributed by atoms with Gasteiger partial charge in [0.1, 0.15) is 6.61 Å². The van der Waals surface area contributed by atoms with Crippen molar-refractivity contribution in [2.75, 3.05) is 31.6 Å². The van der Waals surface area contributed by atoms with Crippen LogP contribution in [-0.4, -0.2) is 44.9 Å². The molecule has 2 rings (SSSR count). The van der Waals surface area contributed by atoms with E-state index in [1.165, 1.54) is 23.4 Å². The van der Waals surface area contributed by atoms with Crippen molar-refractivity contribution in [2.24, 2.45) is 5.92 Å². The lowest BCUT2D eigenvalue weighted by molar-refractivity contribution is -0.114.